The Kier molecular flexibility index (Phi) is 5.84. The van der Waals surface area contributed by atoms with Gasteiger partial charge < -0.3 is 14.8 Å². The van der Waals surface area contributed by atoms with Gasteiger partial charge in [-0.05, 0) is 31.7 Å². The van der Waals surface area contributed by atoms with Gasteiger partial charge in [0.25, 0.3) is 5.91 Å². The maximum Gasteiger partial charge on any atom is 0.271 e. The molecule has 5 nitrogen and oxygen atoms in total. The predicted octanol–water partition coefficient (Wildman–Crippen LogP) is 2.56. The van der Waals surface area contributed by atoms with Crippen LogP contribution in [0.2, 0.25) is 0 Å². The molecule has 2 aromatic rings. The van der Waals surface area contributed by atoms with Crippen LogP contribution in [0.5, 0.6) is 0 Å². The summed E-state index contributed by atoms with van der Waals surface area (Å²) in [4.78, 5) is 17.5. The SMILES string of the molecule is CSCC(CCO)NC(=O)c1nc(-c2ccco2)sc1C. The smallest absolute Gasteiger partial charge is 0.271 e. The summed E-state index contributed by atoms with van der Waals surface area (Å²) in [6, 6.07) is 3.56. The van der Waals surface area contributed by atoms with Crippen molar-refractivity contribution in [1.29, 1.82) is 0 Å². The van der Waals surface area contributed by atoms with E-state index in [1.54, 1.807) is 24.1 Å². The number of nitrogens with one attached hydrogen (secondary N) is 1. The van der Waals surface area contributed by atoms with Crippen molar-refractivity contribution in [3.63, 3.8) is 0 Å². The van der Waals surface area contributed by atoms with Gasteiger partial charge in [0.05, 0.1) is 6.26 Å². The summed E-state index contributed by atoms with van der Waals surface area (Å²) in [5.41, 5.74) is 0.426. The highest BCUT2D eigenvalue weighted by molar-refractivity contribution is 7.98. The molecule has 2 aromatic heterocycles. The third-order valence-corrected chi connectivity index (χ3v) is 4.65. The monoisotopic (exact) mass is 326 g/mol. The Labute approximate surface area is 131 Å². The lowest BCUT2D eigenvalue weighted by molar-refractivity contribution is 0.0930. The largest absolute Gasteiger partial charge is 0.462 e. The fourth-order valence-electron chi connectivity index (χ4n) is 1.92. The summed E-state index contributed by atoms with van der Waals surface area (Å²) in [5.74, 6) is 1.23. The van der Waals surface area contributed by atoms with E-state index < -0.39 is 0 Å². The molecule has 1 unspecified atom stereocenters. The van der Waals surface area contributed by atoms with Gasteiger partial charge in [0.1, 0.15) is 5.69 Å². The first-order valence-corrected chi connectivity index (χ1v) is 8.78. The zero-order valence-electron chi connectivity index (χ0n) is 12.0. The third kappa shape index (κ3) is 4.09. The number of aliphatic hydroxyl groups is 1. The Morgan fingerprint density at radius 1 is 1.62 bits per heavy atom. The van der Waals surface area contributed by atoms with Crippen LogP contribution in [-0.2, 0) is 0 Å². The molecular weight excluding hydrogens is 308 g/mol. The summed E-state index contributed by atoms with van der Waals surface area (Å²) < 4.78 is 5.31. The van der Waals surface area contributed by atoms with Gasteiger partial charge in [-0.15, -0.1) is 11.3 Å². The van der Waals surface area contributed by atoms with Crippen LogP contribution in [0.3, 0.4) is 0 Å². The van der Waals surface area contributed by atoms with Crippen LogP contribution in [0.1, 0.15) is 21.8 Å². The van der Waals surface area contributed by atoms with E-state index in [0.717, 1.165) is 10.6 Å². The summed E-state index contributed by atoms with van der Waals surface area (Å²) in [7, 11) is 0. The molecule has 0 fully saturated rings. The first kappa shape index (κ1) is 16.1. The van der Waals surface area contributed by atoms with E-state index in [0.29, 0.717) is 22.9 Å². The molecule has 7 heteroatoms. The van der Waals surface area contributed by atoms with Gasteiger partial charge in [0.15, 0.2) is 10.8 Å². The van der Waals surface area contributed by atoms with Gasteiger partial charge in [-0.2, -0.15) is 11.8 Å². The molecule has 0 aromatic carbocycles. The quantitative estimate of drug-likeness (QED) is 0.818. The highest BCUT2D eigenvalue weighted by Crippen LogP contribution is 2.27. The molecule has 0 saturated heterocycles. The molecule has 1 amide bonds. The van der Waals surface area contributed by atoms with Crippen LogP contribution < -0.4 is 5.32 Å². The van der Waals surface area contributed by atoms with Crippen molar-refractivity contribution in [3.8, 4) is 10.8 Å². The standard InChI is InChI=1S/C14H18N2O3S2/c1-9-12(13(18)15-10(5-6-17)8-20-2)16-14(21-9)11-4-3-7-19-11/h3-4,7,10,17H,5-6,8H2,1-2H3,(H,15,18). The van der Waals surface area contributed by atoms with Crippen LogP contribution >= 0.6 is 23.1 Å². The van der Waals surface area contributed by atoms with Crippen molar-refractivity contribution < 1.29 is 14.3 Å². The Bertz CT molecular complexity index is 575. The number of rotatable bonds is 7. The normalized spacial score (nSPS) is 12.3. The average molecular weight is 326 g/mol. The van der Waals surface area contributed by atoms with Crippen LogP contribution in [0, 0.1) is 6.92 Å². The van der Waals surface area contributed by atoms with Gasteiger partial charge in [0, 0.05) is 23.3 Å². The third-order valence-electron chi connectivity index (χ3n) is 2.92. The number of hydrogen-bond donors (Lipinski definition) is 2. The number of nitrogens with zero attached hydrogens (tertiary/aromatic N) is 1. The number of carbonyl (C=O) groups is 1. The average Bonchev–Trinajstić information content (AvgIpc) is 3.08. The summed E-state index contributed by atoms with van der Waals surface area (Å²) >= 11 is 3.07. The Morgan fingerprint density at radius 3 is 3.05 bits per heavy atom. The lowest BCUT2D eigenvalue weighted by Crippen LogP contribution is -2.37. The Hall–Kier alpha value is -1.31. The highest BCUT2D eigenvalue weighted by Gasteiger charge is 2.20. The maximum absolute atomic E-state index is 12.3. The number of thiazole rings is 1. The molecule has 2 N–H and O–H groups in total. The Balaban J connectivity index is 2.12. The van der Waals surface area contributed by atoms with Gasteiger partial charge >= 0.3 is 0 Å². The molecular formula is C14H18N2O3S2. The summed E-state index contributed by atoms with van der Waals surface area (Å²) in [6.45, 7) is 1.92. The fraction of sp³-hybridized carbons (Fsp3) is 0.429. The Morgan fingerprint density at radius 2 is 2.43 bits per heavy atom. The topological polar surface area (TPSA) is 75.4 Å². The second-order valence-electron chi connectivity index (χ2n) is 4.54. The second kappa shape index (κ2) is 7.63. The van der Waals surface area contributed by atoms with E-state index in [4.69, 9.17) is 9.52 Å². The number of aromatic nitrogens is 1. The zero-order chi connectivity index (χ0) is 15.2. The number of thioether (sulfide) groups is 1. The molecule has 0 aliphatic rings. The minimum absolute atomic E-state index is 0.0503. The molecule has 0 radical (unpaired) electrons. The number of aliphatic hydroxyl groups excluding tert-OH is 1. The maximum atomic E-state index is 12.3. The van der Waals surface area contributed by atoms with Crippen molar-refractivity contribution in [2.45, 2.75) is 19.4 Å². The van der Waals surface area contributed by atoms with Crippen molar-refractivity contribution in [1.82, 2.24) is 10.3 Å². The predicted molar refractivity (Wildman–Crippen MR) is 85.9 cm³/mol. The van der Waals surface area contributed by atoms with E-state index >= 15 is 0 Å². The van der Waals surface area contributed by atoms with Crippen molar-refractivity contribution >= 4 is 29.0 Å². The lowest BCUT2D eigenvalue weighted by atomic mass is 10.2. The van der Waals surface area contributed by atoms with E-state index in [1.807, 2.05) is 19.2 Å². The van der Waals surface area contributed by atoms with Crippen molar-refractivity contribution in [3.05, 3.63) is 29.0 Å². The van der Waals surface area contributed by atoms with Gasteiger partial charge in [-0.25, -0.2) is 4.98 Å². The molecule has 2 rings (SSSR count). The first-order valence-electron chi connectivity index (χ1n) is 6.57. The van der Waals surface area contributed by atoms with Crippen molar-refractivity contribution in [2.75, 3.05) is 18.6 Å². The molecule has 0 bridgehead atoms. The zero-order valence-corrected chi connectivity index (χ0v) is 13.6. The summed E-state index contributed by atoms with van der Waals surface area (Å²) in [6.07, 6.45) is 4.10. The molecule has 1 atom stereocenters. The van der Waals surface area contributed by atoms with Crippen LogP contribution in [0.25, 0.3) is 10.8 Å². The minimum atomic E-state index is -0.200. The number of carbonyl (C=O) groups excluding carboxylic acids is 1. The molecule has 114 valence electrons. The van der Waals surface area contributed by atoms with Gasteiger partial charge in [0.2, 0.25) is 0 Å². The van der Waals surface area contributed by atoms with Gasteiger partial charge in [-0.1, -0.05) is 0 Å². The van der Waals surface area contributed by atoms with E-state index in [9.17, 15) is 4.79 Å². The first-order chi connectivity index (χ1) is 10.2. The fourth-order valence-corrected chi connectivity index (χ4v) is 3.45. The van der Waals surface area contributed by atoms with Crippen LogP contribution in [-0.4, -0.2) is 40.7 Å². The lowest BCUT2D eigenvalue weighted by Gasteiger charge is -2.16. The van der Waals surface area contributed by atoms with E-state index in [2.05, 4.69) is 10.3 Å². The molecule has 21 heavy (non-hydrogen) atoms. The minimum Gasteiger partial charge on any atom is -0.462 e. The molecule has 0 aliphatic heterocycles. The number of furan rings is 1. The molecule has 2 heterocycles. The van der Waals surface area contributed by atoms with E-state index in [-0.39, 0.29) is 18.6 Å². The number of amides is 1. The van der Waals surface area contributed by atoms with Crippen LogP contribution in [0.4, 0.5) is 0 Å². The van der Waals surface area contributed by atoms with Crippen LogP contribution in [0.15, 0.2) is 22.8 Å². The number of hydrogen-bond acceptors (Lipinski definition) is 6. The van der Waals surface area contributed by atoms with E-state index in [1.165, 1.54) is 11.3 Å². The molecule has 0 saturated carbocycles. The molecule has 0 spiro atoms. The number of aryl methyl sites for hydroxylation is 1. The summed E-state index contributed by atoms with van der Waals surface area (Å²) in [5, 5.41) is 12.7. The molecule has 0 aliphatic carbocycles. The van der Waals surface area contributed by atoms with Crippen molar-refractivity contribution in [2.24, 2.45) is 0 Å². The second-order valence-corrected chi connectivity index (χ2v) is 6.65. The highest BCUT2D eigenvalue weighted by atomic mass is 32.2. The van der Waals surface area contributed by atoms with Gasteiger partial charge in [-0.3, -0.25) is 4.79 Å².